The predicted octanol–water partition coefficient (Wildman–Crippen LogP) is 2.92. The minimum Gasteiger partial charge on any atom is -0.244 e. The highest BCUT2D eigenvalue weighted by atomic mass is 35.5. The molecule has 4 heteroatoms. The van der Waals surface area contributed by atoms with Gasteiger partial charge < -0.3 is 0 Å². The van der Waals surface area contributed by atoms with Crippen LogP contribution in [0.1, 0.15) is 12.6 Å². The van der Waals surface area contributed by atoms with Gasteiger partial charge in [-0.25, -0.2) is 4.98 Å². The molecule has 14 heavy (non-hydrogen) atoms. The summed E-state index contributed by atoms with van der Waals surface area (Å²) in [7, 11) is 0. The van der Waals surface area contributed by atoms with Crippen molar-refractivity contribution in [1.29, 1.82) is 5.26 Å². The van der Waals surface area contributed by atoms with Gasteiger partial charge in [0.05, 0.1) is 0 Å². The van der Waals surface area contributed by atoms with E-state index in [2.05, 4.69) is 18.0 Å². The fourth-order valence-corrected chi connectivity index (χ4v) is 2.10. The molecule has 1 unspecified atom stereocenters. The van der Waals surface area contributed by atoms with E-state index in [9.17, 15) is 0 Å². The van der Waals surface area contributed by atoms with Crippen molar-refractivity contribution >= 4 is 23.4 Å². The molecule has 0 amide bonds. The number of pyridine rings is 1. The Kier molecular flexibility index (Phi) is 4.78. The number of nitriles is 1. The Morgan fingerprint density at radius 3 is 3.14 bits per heavy atom. The van der Waals surface area contributed by atoms with Crippen LogP contribution in [-0.2, 0) is 0 Å². The molecule has 0 N–H and O–H groups in total. The van der Waals surface area contributed by atoms with Gasteiger partial charge in [-0.05, 0) is 18.1 Å². The Hall–Kier alpha value is -0.720. The molecule has 74 valence electrons. The van der Waals surface area contributed by atoms with E-state index >= 15 is 0 Å². The van der Waals surface area contributed by atoms with E-state index in [0.29, 0.717) is 17.5 Å². The lowest BCUT2D eigenvalue weighted by atomic mass is 10.3. The van der Waals surface area contributed by atoms with Crippen molar-refractivity contribution in [2.75, 3.05) is 11.6 Å². The Morgan fingerprint density at radius 2 is 2.50 bits per heavy atom. The van der Waals surface area contributed by atoms with Crippen LogP contribution in [0.4, 0.5) is 0 Å². The molecule has 0 aliphatic rings. The Bertz CT molecular complexity index is 335. The van der Waals surface area contributed by atoms with Gasteiger partial charge >= 0.3 is 0 Å². The normalized spacial score (nSPS) is 12.1. The van der Waals surface area contributed by atoms with Gasteiger partial charge in [0.25, 0.3) is 0 Å². The molecule has 1 rings (SSSR count). The summed E-state index contributed by atoms with van der Waals surface area (Å²) in [6, 6.07) is 5.83. The minimum absolute atomic E-state index is 0.452. The molecule has 1 atom stereocenters. The van der Waals surface area contributed by atoms with Gasteiger partial charge in [0.2, 0.25) is 0 Å². The van der Waals surface area contributed by atoms with Crippen LogP contribution in [0.25, 0.3) is 0 Å². The zero-order valence-corrected chi connectivity index (χ0v) is 9.48. The molecule has 0 saturated heterocycles. The Labute approximate surface area is 93.3 Å². The second-order valence-corrected chi connectivity index (χ2v) is 4.40. The summed E-state index contributed by atoms with van der Waals surface area (Å²) in [4.78, 5) is 4.92. The van der Waals surface area contributed by atoms with Crippen LogP contribution < -0.4 is 0 Å². The molecule has 1 heterocycles. The van der Waals surface area contributed by atoms with Gasteiger partial charge in [-0.2, -0.15) is 5.26 Å². The average Bonchev–Trinajstić information content (AvgIpc) is 2.26. The molecule has 0 fully saturated rings. The maximum absolute atomic E-state index is 8.79. The van der Waals surface area contributed by atoms with E-state index < -0.39 is 0 Å². The highest BCUT2D eigenvalue weighted by molar-refractivity contribution is 7.99. The second kappa shape index (κ2) is 5.90. The lowest BCUT2D eigenvalue weighted by Gasteiger charge is -2.06. The van der Waals surface area contributed by atoms with E-state index in [4.69, 9.17) is 16.9 Å². The summed E-state index contributed by atoms with van der Waals surface area (Å²) >= 11 is 7.33. The number of rotatable bonds is 4. The maximum Gasteiger partial charge on any atom is 0.153 e. The van der Waals surface area contributed by atoms with E-state index in [1.807, 2.05) is 12.1 Å². The van der Waals surface area contributed by atoms with Gasteiger partial charge in [-0.15, -0.1) is 23.4 Å². The first-order chi connectivity index (χ1) is 6.77. The number of nitrogens with zero attached hydrogens (tertiary/aromatic N) is 2. The van der Waals surface area contributed by atoms with Gasteiger partial charge in [0, 0.05) is 22.7 Å². The van der Waals surface area contributed by atoms with Crippen LogP contribution >= 0.6 is 23.4 Å². The summed E-state index contributed by atoms with van der Waals surface area (Å²) in [6.45, 7) is 2.09. The van der Waals surface area contributed by atoms with E-state index in [-0.39, 0.29) is 0 Å². The number of hydrogen-bond acceptors (Lipinski definition) is 3. The number of aromatic nitrogens is 1. The minimum atomic E-state index is 0.452. The first-order valence-corrected chi connectivity index (χ1v) is 5.83. The molecule has 0 radical (unpaired) electrons. The first-order valence-electron chi connectivity index (χ1n) is 4.31. The molecule has 0 aromatic carbocycles. The molecular formula is C10H11ClN2S. The molecule has 1 aromatic heterocycles. The van der Waals surface area contributed by atoms with Crippen molar-refractivity contribution in [3.05, 3.63) is 24.0 Å². The lowest BCUT2D eigenvalue weighted by molar-refractivity contribution is 0.759. The molecule has 0 aliphatic heterocycles. The summed E-state index contributed by atoms with van der Waals surface area (Å²) in [6.07, 6.45) is 1.63. The standard InChI is InChI=1S/C10H11ClN2S/c1-8(5-11)7-14-10-3-2-4-13-9(10)6-12/h2-4,8H,5,7H2,1H3. The molecule has 0 spiro atoms. The van der Waals surface area contributed by atoms with Crippen LogP contribution in [0.15, 0.2) is 23.2 Å². The van der Waals surface area contributed by atoms with Crippen LogP contribution in [-0.4, -0.2) is 16.6 Å². The number of halogens is 1. The highest BCUT2D eigenvalue weighted by Crippen LogP contribution is 2.22. The van der Waals surface area contributed by atoms with E-state index in [0.717, 1.165) is 10.6 Å². The molecule has 0 bridgehead atoms. The highest BCUT2D eigenvalue weighted by Gasteiger charge is 2.05. The zero-order valence-electron chi connectivity index (χ0n) is 7.90. The molecular weight excluding hydrogens is 216 g/mol. The third-order valence-electron chi connectivity index (χ3n) is 1.66. The van der Waals surface area contributed by atoms with Crippen LogP contribution in [0.5, 0.6) is 0 Å². The third-order valence-corrected chi connectivity index (χ3v) is 3.57. The average molecular weight is 227 g/mol. The monoisotopic (exact) mass is 226 g/mol. The van der Waals surface area contributed by atoms with E-state index in [1.54, 1.807) is 18.0 Å². The summed E-state index contributed by atoms with van der Waals surface area (Å²) in [5.74, 6) is 2.02. The van der Waals surface area contributed by atoms with Gasteiger partial charge in [-0.1, -0.05) is 6.92 Å². The molecule has 2 nitrogen and oxygen atoms in total. The van der Waals surface area contributed by atoms with E-state index in [1.165, 1.54) is 0 Å². The van der Waals surface area contributed by atoms with Crippen molar-refractivity contribution in [1.82, 2.24) is 4.98 Å². The van der Waals surface area contributed by atoms with Crippen molar-refractivity contribution in [2.45, 2.75) is 11.8 Å². The summed E-state index contributed by atoms with van der Waals surface area (Å²) in [5, 5.41) is 8.79. The molecule has 0 saturated carbocycles. The fourth-order valence-electron chi connectivity index (χ4n) is 0.868. The smallest absolute Gasteiger partial charge is 0.153 e. The number of alkyl halides is 1. The van der Waals surface area contributed by atoms with Crippen molar-refractivity contribution in [3.63, 3.8) is 0 Å². The molecule has 1 aromatic rings. The van der Waals surface area contributed by atoms with Crippen molar-refractivity contribution in [3.8, 4) is 6.07 Å². The summed E-state index contributed by atoms with van der Waals surface area (Å²) < 4.78 is 0. The van der Waals surface area contributed by atoms with Crippen LogP contribution in [0, 0.1) is 17.2 Å². The predicted molar refractivity (Wildman–Crippen MR) is 59.6 cm³/mol. The topological polar surface area (TPSA) is 36.7 Å². The van der Waals surface area contributed by atoms with Gasteiger partial charge in [-0.3, -0.25) is 0 Å². The molecule has 0 aliphatic carbocycles. The van der Waals surface area contributed by atoms with Crippen molar-refractivity contribution < 1.29 is 0 Å². The number of hydrogen-bond donors (Lipinski definition) is 0. The Balaban J connectivity index is 2.63. The summed E-state index contributed by atoms with van der Waals surface area (Å²) in [5.41, 5.74) is 0.499. The number of thioether (sulfide) groups is 1. The van der Waals surface area contributed by atoms with Gasteiger partial charge in [0.15, 0.2) is 5.69 Å². The second-order valence-electron chi connectivity index (χ2n) is 3.03. The van der Waals surface area contributed by atoms with Crippen LogP contribution in [0.2, 0.25) is 0 Å². The largest absolute Gasteiger partial charge is 0.244 e. The third kappa shape index (κ3) is 3.21. The maximum atomic E-state index is 8.79. The van der Waals surface area contributed by atoms with Crippen molar-refractivity contribution in [2.24, 2.45) is 5.92 Å². The fraction of sp³-hybridized carbons (Fsp3) is 0.400. The van der Waals surface area contributed by atoms with Crippen LogP contribution in [0.3, 0.4) is 0 Å². The quantitative estimate of drug-likeness (QED) is 0.585. The Morgan fingerprint density at radius 1 is 1.71 bits per heavy atom. The van der Waals surface area contributed by atoms with Gasteiger partial charge in [0.1, 0.15) is 6.07 Å². The SMILES string of the molecule is CC(CCl)CSc1cccnc1C#N. The lowest BCUT2D eigenvalue weighted by Crippen LogP contribution is -1.99. The first kappa shape index (κ1) is 11.4. The zero-order chi connectivity index (χ0) is 10.4.